The third-order valence-corrected chi connectivity index (χ3v) is 1.57. The lowest BCUT2D eigenvalue weighted by Gasteiger charge is -2.23. The molecule has 1 fully saturated rings. The van der Waals surface area contributed by atoms with Crippen molar-refractivity contribution in [3.8, 4) is 0 Å². The highest BCUT2D eigenvalue weighted by Gasteiger charge is 2.68. The fourth-order valence-electron chi connectivity index (χ4n) is 0.807. The minimum Gasteiger partial charge on any atom is -0.417 e. The molecule has 14 heavy (non-hydrogen) atoms. The molecule has 0 aromatic heterocycles. The van der Waals surface area contributed by atoms with Gasteiger partial charge in [-0.25, -0.2) is 8.78 Å². The first-order valence-corrected chi connectivity index (χ1v) is 3.30. The molecule has 0 aliphatic carbocycles. The van der Waals surface area contributed by atoms with Gasteiger partial charge in [-0.3, -0.25) is 0 Å². The maximum absolute atomic E-state index is 13.0. The molecule has 1 saturated heterocycles. The number of halogens is 6. The average molecular weight is 222 g/mol. The van der Waals surface area contributed by atoms with Crippen LogP contribution in [0.5, 0.6) is 0 Å². The summed E-state index contributed by atoms with van der Waals surface area (Å²) in [5.74, 6) is -9.73. The molecule has 1 rings (SSSR count). The molecule has 0 aromatic carbocycles. The van der Waals surface area contributed by atoms with Crippen molar-refractivity contribution < 1.29 is 35.8 Å². The van der Waals surface area contributed by atoms with E-state index in [0.29, 0.717) is 0 Å². The van der Waals surface area contributed by atoms with Gasteiger partial charge in [0.15, 0.2) is 0 Å². The van der Waals surface area contributed by atoms with Gasteiger partial charge in [0, 0.05) is 6.92 Å². The third-order valence-electron chi connectivity index (χ3n) is 1.57. The highest BCUT2D eigenvalue weighted by Crippen LogP contribution is 2.47. The molecule has 2 unspecified atom stereocenters. The number of alkyl halides is 4. The second kappa shape index (κ2) is 2.96. The summed E-state index contributed by atoms with van der Waals surface area (Å²) in [6.07, 6.45) is -6.66. The van der Waals surface area contributed by atoms with Crippen LogP contribution in [-0.4, -0.2) is 18.1 Å². The van der Waals surface area contributed by atoms with Gasteiger partial charge >= 0.3 is 30.2 Å². The zero-order valence-corrected chi connectivity index (χ0v) is 6.66. The molecule has 0 radical (unpaired) electrons. The lowest BCUT2D eigenvalue weighted by molar-refractivity contribution is -0.261. The van der Waals surface area contributed by atoms with E-state index in [1.807, 2.05) is 0 Å². The second-order valence-electron chi connectivity index (χ2n) is 2.61. The Labute approximate surface area is 74.1 Å². The number of rotatable bonds is 1. The van der Waals surface area contributed by atoms with Crippen LogP contribution >= 0.6 is 0 Å². The van der Waals surface area contributed by atoms with E-state index in [1.165, 1.54) is 0 Å². The predicted molar refractivity (Wildman–Crippen MR) is 30.8 cm³/mol. The molecule has 1 aliphatic rings. The van der Waals surface area contributed by atoms with Crippen molar-refractivity contribution in [2.75, 3.05) is 0 Å². The van der Waals surface area contributed by atoms with Crippen LogP contribution in [-0.2, 0) is 9.47 Å². The third kappa shape index (κ3) is 1.38. The summed E-state index contributed by atoms with van der Waals surface area (Å²) < 4.78 is 80.3. The van der Waals surface area contributed by atoms with Crippen LogP contribution in [0.2, 0.25) is 0 Å². The van der Waals surface area contributed by atoms with Crippen LogP contribution in [0, 0.1) is 0 Å². The molecular weight excluding hydrogens is 218 g/mol. The van der Waals surface area contributed by atoms with E-state index < -0.39 is 30.2 Å². The summed E-state index contributed by atoms with van der Waals surface area (Å²) in [6.45, 7) is 0.231. The second-order valence-corrected chi connectivity index (χ2v) is 2.61. The minimum absolute atomic E-state index is 0.231. The van der Waals surface area contributed by atoms with Gasteiger partial charge in [0.2, 0.25) is 0 Å². The van der Waals surface area contributed by atoms with Gasteiger partial charge in [-0.05, 0) is 0 Å². The Balaban J connectivity index is 3.07. The molecule has 0 amide bonds. The van der Waals surface area contributed by atoms with Crippen molar-refractivity contribution in [1.29, 1.82) is 0 Å². The molecule has 0 saturated carbocycles. The molecule has 8 heteroatoms. The SMILES string of the molecule is CC1(F)OC(=C(F)F)OC1(F)C(F)F. The van der Waals surface area contributed by atoms with Crippen molar-refractivity contribution in [2.24, 2.45) is 0 Å². The summed E-state index contributed by atoms with van der Waals surface area (Å²) >= 11 is 0. The Bertz CT molecular complexity index is 271. The van der Waals surface area contributed by atoms with Gasteiger partial charge in [0.05, 0.1) is 0 Å². The zero-order valence-electron chi connectivity index (χ0n) is 6.66. The largest absolute Gasteiger partial charge is 0.417 e. The molecule has 2 nitrogen and oxygen atoms in total. The van der Waals surface area contributed by atoms with Crippen LogP contribution in [0.3, 0.4) is 0 Å². The first-order chi connectivity index (χ1) is 6.21. The Kier molecular flexibility index (Phi) is 2.32. The molecule has 0 N–H and O–H groups in total. The van der Waals surface area contributed by atoms with Crippen molar-refractivity contribution in [1.82, 2.24) is 0 Å². The van der Waals surface area contributed by atoms with Crippen molar-refractivity contribution in [3.63, 3.8) is 0 Å². The smallest absolute Gasteiger partial charge is 0.380 e. The first-order valence-electron chi connectivity index (χ1n) is 3.30. The summed E-state index contributed by atoms with van der Waals surface area (Å²) in [5.41, 5.74) is 0. The van der Waals surface area contributed by atoms with Gasteiger partial charge < -0.3 is 9.47 Å². The zero-order chi connectivity index (χ0) is 11.1. The van der Waals surface area contributed by atoms with Gasteiger partial charge in [-0.15, -0.1) is 0 Å². The van der Waals surface area contributed by atoms with E-state index in [-0.39, 0.29) is 6.92 Å². The number of hydrogen-bond donors (Lipinski definition) is 0. The molecule has 82 valence electrons. The molecule has 0 aromatic rings. The summed E-state index contributed by atoms with van der Waals surface area (Å²) in [4.78, 5) is 0. The monoisotopic (exact) mass is 222 g/mol. The van der Waals surface area contributed by atoms with Crippen LogP contribution < -0.4 is 0 Å². The van der Waals surface area contributed by atoms with Crippen LogP contribution in [0.4, 0.5) is 26.3 Å². The van der Waals surface area contributed by atoms with Gasteiger partial charge in [0.25, 0.3) is 0 Å². The summed E-state index contributed by atoms with van der Waals surface area (Å²) in [5, 5.41) is 0. The van der Waals surface area contributed by atoms with Crippen LogP contribution in [0.15, 0.2) is 12.0 Å². The molecule has 1 heterocycles. The predicted octanol–water partition coefficient (Wildman–Crippen LogP) is 2.72. The lowest BCUT2D eigenvalue weighted by atomic mass is 10.2. The molecule has 0 spiro atoms. The standard InChI is InChI=1S/C6H4F6O2/c1-5(11)6(12,4(9)10)14-3(13-5)2(7)8/h4H,1H3. The van der Waals surface area contributed by atoms with Crippen LogP contribution in [0.1, 0.15) is 6.92 Å². The van der Waals surface area contributed by atoms with E-state index in [4.69, 9.17) is 0 Å². The number of ether oxygens (including phenoxy) is 2. The van der Waals surface area contributed by atoms with E-state index in [2.05, 4.69) is 9.47 Å². The Morgan fingerprint density at radius 3 is 1.93 bits per heavy atom. The van der Waals surface area contributed by atoms with E-state index in [1.54, 1.807) is 0 Å². The van der Waals surface area contributed by atoms with E-state index >= 15 is 0 Å². The highest BCUT2D eigenvalue weighted by molar-refractivity contribution is 5.01. The first kappa shape index (κ1) is 11.0. The maximum atomic E-state index is 13.0. The van der Waals surface area contributed by atoms with Crippen molar-refractivity contribution in [3.05, 3.63) is 12.0 Å². The van der Waals surface area contributed by atoms with Gasteiger partial charge in [-0.2, -0.15) is 17.6 Å². The summed E-state index contributed by atoms with van der Waals surface area (Å²) in [7, 11) is 0. The fourth-order valence-corrected chi connectivity index (χ4v) is 0.807. The summed E-state index contributed by atoms with van der Waals surface area (Å²) in [6, 6.07) is 0. The normalized spacial score (nSPS) is 37.0. The quantitative estimate of drug-likeness (QED) is 0.635. The van der Waals surface area contributed by atoms with E-state index in [0.717, 1.165) is 0 Å². The Morgan fingerprint density at radius 2 is 1.71 bits per heavy atom. The van der Waals surface area contributed by atoms with E-state index in [9.17, 15) is 26.3 Å². The van der Waals surface area contributed by atoms with Gasteiger partial charge in [-0.1, -0.05) is 0 Å². The van der Waals surface area contributed by atoms with Crippen molar-refractivity contribution >= 4 is 0 Å². The Hall–Kier alpha value is -1.08. The molecule has 0 bridgehead atoms. The average Bonchev–Trinajstić information content (AvgIpc) is 2.24. The topological polar surface area (TPSA) is 18.5 Å². The molecule has 1 aliphatic heterocycles. The maximum Gasteiger partial charge on any atom is 0.380 e. The fraction of sp³-hybridized carbons (Fsp3) is 0.667. The Morgan fingerprint density at radius 1 is 1.21 bits per heavy atom. The van der Waals surface area contributed by atoms with Gasteiger partial charge in [0.1, 0.15) is 0 Å². The lowest BCUT2D eigenvalue weighted by Crippen LogP contribution is -2.48. The molecular formula is C6H4F6O2. The van der Waals surface area contributed by atoms with Crippen LogP contribution in [0.25, 0.3) is 0 Å². The number of hydrogen-bond acceptors (Lipinski definition) is 2. The highest BCUT2D eigenvalue weighted by atomic mass is 19.3. The molecule has 2 atom stereocenters. The minimum atomic E-state index is -4.22. The van der Waals surface area contributed by atoms with Crippen molar-refractivity contribution in [2.45, 2.75) is 25.1 Å².